The second-order valence-corrected chi connectivity index (χ2v) is 9.16. The molecule has 2 fully saturated rings. The summed E-state index contributed by atoms with van der Waals surface area (Å²) in [6.07, 6.45) is -8.77. The van der Waals surface area contributed by atoms with Gasteiger partial charge in [-0.3, -0.25) is 14.6 Å². The molecule has 2 aliphatic heterocycles. The minimum Gasteiger partial charge on any atom is -0.369 e. The van der Waals surface area contributed by atoms with Crippen molar-refractivity contribution in [2.75, 3.05) is 75.2 Å². The standard InChI is InChI=1S/C25H28F6N4O.2ClH/c26-24(27,28)19-3-1-5-21(15-19)34-11-7-32(8-12-34)17-23(36)18-33-9-13-35(14-10-33)22-6-2-4-20(16-22)25(29,30)31;;/h1-6,15-16H,7-14,17-18H2;2*1H. The highest BCUT2D eigenvalue weighted by Crippen LogP contribution is 2.33. The quantitative estimate of drug-likeness (QED) is 0.440. The summed E-state index contributed by atoms with van der Waals surface area (Å²) < 4.78 is 77.9. The van der Waals surface area contributed by atoms with Crippen LogP contribution < -0.4 is 9.80 Å². The van der Waals surface area contributed by atoms with Crippen molar-refractivity contribution in [2.24, 2.45) is 0 Å². The molecule has 0 atom stereocenters. The highest BCUT2D eigenvalue weighted by atomic mass is 35.5. The Morgan fingerprint density at radius 3 is 1.26 bits per heavy atom. The first-order valence-corrected chi connectivity index (χ1v) is 11.8. The van der Waals surface area contributed by atoms with Crippen molar-refractivity contribution in [3.63, 3.8) is 0 Å². The number of piperazine rings is 2. The van der Waals surface area contributed by atoms with E-state index < -0.39 is 23.5 Å². The van der Waals surface area contributed by atoms with Gasteiger partial charge in [0.1, 0.15) is 0 Å². The van der Waals surface area contributed by atoms with E-state index in [0.29, 0.717) is 63.7 Å². The number of alkyl halides is 6. The highest BCUT2D eigenvalue weighted by Gasteiger charge is 2.32. The molecule has 212 valence electrons. The van der Waals surface area contributed by atoms with Crippen LogP contribution in [0.3, 0.4) is 0 Å². The molecule has 2 saturated heterocycles. The molecular weight excluding hydrogens is 557 g/mol. The molecule has 0 amide bonds. The summed E-state index contributed by atoms with van der Waals surface area (Å²) in [5.74, 6) is 0.0510. The molecule has 0 aliphatic carbocycles. The van der Waals surface area contributed by atoms with Crippen LogP contribution in [0.15, 0.2) is 48.5 Å². The predicted octanol–water partition coefficient (Wildman–Crippen LogP) is 5.08. The number of Topliss-reactive ketones (excluding diaryl/α,β-unsaturated/α-hetero) is 1. The first-order valence-electron chi connectivity index (χ1n) is 11.8. The minimum absolute atomic E-state index is 0. The molecule has 2 aliphatic rings. The topological polar surface area (TPSA) is 30.0 Å². The molecule has 0 spiro atoms. The van der Waals surface area contributed by atoms with E-state index in [9.17, 15) is 31.1 Å². The van der Waals surface area contributed by atoms with Crippen molar-refractivity contribution in [1.29, 1.82) is 0 Å². The summed E-state index contributed by atoms with van der Waals surface area (Å²) in [5.41, 5.74) is -0.305. The molecule has 0 bridgehead atoms. The summed E-state index contributed by atoms with van der Waals surface area (Å²) in [4.78, 5) is 20.4. The lowest BCUT2D eigenvalue weighted by molar-refractivity contribution is -0.138. The Bertz CT molecular complexity index is 971. The smallest absolute Gasteiger partial charge is 0.369 e. The first-order chi connectivity index (χ1) is 17.0. The molecular formula is C25H30Cl2F6N4O. The van der Waals surface area contributed by atoms with Crippen LogP contribution in [0.5, 0.6) is 0 Å². The van der Waals surface area contributed by atoms with Gasteiger partial charge in [-0.15, -0.1) is 24.8 Å². The van der Waals surface area contributed by atoms with Crippen molar-refractivity contribution in [3.05, 3.63) is 59.7 Å². The Kier molecular flexibility index (Phi) is 11.1. The zero-order chi connectivity index (χ0) is 25.9. The van der Waals surface area contributed by atoms with Gasteiger partial charge in [0.2, 0.25) is 0 Å². The van der Waals surface area contributed by atoms with Gasteiger partial charge in [0.25, 0.3) is 0 Å². The van der Waals surface area contributed by atoms with Crippen LogP contribution in [0.1, 0.15) is 11.1 Å². The Labute approximate surface area is 230 Å². The molecule has 0 saturated carbocycles. The number of ketones is 1. The van der Waals surface area contributed by atoms with E-state index in [2.05, 4.69) is 0 Å². The molecule has 2 aromatic carbocycles. The van der Waals surface area contributed by atoms with Crippen LogP contribution in [0.2, 0.25) is 0 Å². The SMILES string of the molecule is Cl.Cl.O=C(CN1CCN(c2cccc(C(F)(F)F)c2)CC1)CN1CCN(c2cccc(C(F)(F)F)c2)CC1. The van der Waals surface area contributed by atoms with E-state index in [0.717, 1.165) is 24.3 Å². The zero-order valence-corrected chi connectivity index (χ0v) is 22.1. The van der Waals surface area contributed by atoms with Crippen molar-refractivity contribution in [3.8, 4) is 0 Å². The average molecular weight is 587 g/mol. The van der Waals surface area contributed by atoms with Crippen LogP contribution in [0.4, 0.5) is 37.7 Å². The monoisotopic (exact) mass is 586 g/mol. The molecule has 2 heterocycles. The fraction of sp³-hybridized carbons (Fsp3) is 0.480. The maximum Gasteiger partial charge on any atom is 0.416 e. The Hall–Kier alpha value is -2.21. The van der Waals surface area contributed by atoms with E-state index in [-0.39, 0.29) is 43.7 Å². The predicted molar refractivity (Wildman–Crippen MR) is 140 cm³/mol. The second kappa shape index (κ2) is 13.2. The molecule has 13 heteroatoms. The molecule has 4 rings (SSSR count). The average Bonchev–Trinajstić information content (AvgIpc) is 2.84. The number of carbonyl (C=O) groups is 1. The van der Waals surface area contributed by atoms with Crippen LogP contribution >= 0.6 is 24.8 Å². The maximum absolute atomic E-state index is 13.0. The number of halogens is 8. The van der Waals surface area contributed by atoms with E-state index >= 15 is 0 Å². The Morgan fingerprint density at radius 1 is 0.605 bits per heavy atom. The van der Waals surface area contributed by atoms with Gasteiger partial charge in [-0.1, -0.05) is 12.1 Å². The van der Waals surface area contributed by atoms with E-state index in [4.69, 9.17) is 0 Å². The largest absolute Gasteiger partial charge is 0.416 e. The third-order valence-electron chi connectivity index (χ3n) is 6.62. The van der Waals surface area contributed by atoms with Gasteiger partial charge in [-0.2, -0.15) is 26.3 Å². The summed E-state index contributed by atoms with van der Waals surface area (Å²) in [7, 11) is 0. The first kappa shape index (κ1) is 32.0. The van der Waals surface area contributed by atoms with Crippen molar-refractivity contribution in [1.82, 2.24) is 9.80 Å². The fourth-order valence-corrected chi connectivity index (χ4v) is 4.64. The second-order valence-electron chi connectivity index (χ2n) is 9.16. The van der Waals surface area contributed by atoms with E-state index in [1.54, 1.807) is 12.1 Å². The van der Waals surface area contributed by atoms with Gasteiger partial charge in [-0.05, 0) is 36.4 Å². The lowest BCUT2D eigenvalue weighted by Gasteiger charge is -2.37. The molecule has 5 nitrogen and oxygen atoms in total. The van der Waals surface area contributed by atoms with Gasteiger partial charge < -0.3 is 9.80 Å². The van der Waals surface area contributed by atoms with Gasteiger partial charge >= 0.3 is 12.4 Å². The minimum atomic E-state index is -4.39. The number of hydrogen-bond acceptors (Lipinski definition) is 5. The number of nitrogens with zero attached hydrogens (tertiary/aromatic N) is 4. The Morgan fingerprint density at radius 2 is 0.947 bits per heavy atom. The van der Waals surface area contributed by atoms with Gasteiger partial charge in [0, 0.05) is 63.7 Å². The zero-order valence-electron chi connectivity index (χ0n) is 20.5. The summed E-state index contributed by atoms with van der Waals surface area (Å²) in [6.45, 7) is 4.96. The number of anilines is 2. The number of carbonyl (C=O) groups excluding carboxylic acids is 1. The lowest BCUT2D eigenvalue weighted by atomic mass is 10.1. The molecule has 38 heavy (non-hydrogen) atoms. The highest BCUT2D eigenvalue weighted by molar-refractivity contribution is 5.85. The van der Waals surface area contributed by atoms with Crippen molar-refractivity contribution in [2.45, 2.75) is 12.4 Å². The summed E-state index contributed by atoms with van der Waals surface area (Å²) in [6, 6.07) is 10.5. The third-order valence-corrected chi connectivity index (χ3v) is 6.62. The number of rotatable bonds is 6. The fourth-order valence-electron chi connectivity index (χ4n) is 4.64. The molecule has 0 unspecified atom stereocenters. The van der Waals surface area contributed by atoms with Gasteiger partial charge in [-0.25, -0.2) is 0 Å². The van der Waals surface area contributed by atoms with E-state index in [1.165, 1.54) is 12.1 Å². The number of hydrogen-bond donors (Lipinski definition) is 0. The maximum atomic E-state index is 13.0. The molecule has 0 aromatic heterocycles. The van der Waals surface area contributed by atoms with Crippen LogP contribution in [0, 0.1) is 0 Å². The van der Waals surface area contributed by atoms with Gasteiger partial charge in [0.15, 0.2) is 5.78 Å². The van der Waals surface area contributed by atoms with Crippen LogP contribution in [0.25, 0.3) is 0 Å². The summed E-state index contributed by atoms with van der Waals surface area (Å²) in [5, 5.41) is 0. The third kappa shape index (κ3) is 8.39. The van der Waals surface area contributed by atoms with Crippen molar-refractivity contribution < 1.29 is 31.1 Å². The number of benzene rings is 2. The van der Waals surface area contributed by atoms with E-state index in [1.807, 2.05) is 19.6 Å². The normalized spacial score (nSPS) is 17.5. The Balaban J connectivity index is 0.00000253. The van der Waals surface area contributed by atoms with Crippen LogP contribution in [-0.4, -0.2) is 81.0 Å². The van der Waals surface area contributed by atoms with Gasteiger partial charge in [0.05, 0.1) is 24.2 Å². The molecule has 0 N–H and O–H groups in total. The lowest BCUT2D eigenvalue weighted by Crippen LogP contribution is -2.51. The van der Waals surface area contributed by atoms with Crippen molar-refractivity contribution >= 4 is 42.0 Å². The summed E-state index contributed by atoms with van der Waals surface area (Å²) >= 11 is 0. The van der Waals surface area contributed by atoms with Crippen LogP contribution in [-0.2, 0) is 17.1 Å². The molecule has 0 radical (unpaired) electrons. The molecule has 2 aromatic rings.